The van der Waals surface area contributed by atoms with Crippen LogP contribution in [0.2, 0.25) is 0 Å². The summed E-state index contributed by atoms with van der Waals surface area (Å²) in [7, 11) is 0. The molecule has 0 saturated carbocycles. The molecule has 1 atom stereocenters. The smallest absolute Gasteiger partial charge is 0.299 e. The van der Waals surface area contributed by atoms with Gasteiger partial charge in [0.25, 0.3) is 0 Å². The van der Waals surface area contributed by atoms with E-state index in [2.05, 4.69) is 5.32 Å². The Balaban J connectivity index is 5.02. The molecule has 0 rings (SSSR count). The van der Waals surface area contributed by atoms with E-state index in [9.17, 15) is 13.2 Å². The summed E-state index contributed by atoms with van der Waals surface area (Å²) in [5.41, 5.74) is -2.37. The zero-order chi connectivity index (χ0) is 14.1. The van der Waals surface area contributed by atoms with Gasteiger partial charge in [0.2, 0.25) is 0 Å². The first-order valence-corrected chi connectivity index (χ1v) is 6.18. The van der Waals surface area contributed by atoms with E-state index in [0.29, 0.717) is 12.3 Å². The molecule has 0 amide bonds. The summed E-state index contributed by atoms with van der Waals surface area (Å²) < 4.78 is 39.5. The predicted molar refractivity (Wildman–Crippen MR) is 66.0 cm³/mol. The van der Waals surface area contributed by atoms with Gasteiger partial charge in [-0.25, -0.2) is 0 Å². The highest BCUT2D eigenvalue weighted by Gasteiger charge is 2.54. The largest absolute Gasteiger partial charge is 0.406 e. The van der Waals surface area contributed by atoms with Crippen LogP contribution >= 0.6 is 0 Å². The van der Waals surface area contributed by atoms with Crippen molar-refractivity contribution in [2.45, 2.75) is 72.1 Å². The molecule has 0 bridgehead atoms. The fourth-order valence-corrected chi connectivity index (χ4v) is 2.32. The van der Waals surface area contributed by atoms with Crippen LogP contribution in [0.4, 0.5) is 13.2 Å². The third-order valence-electron chi connectivity index (χ3n) is 3.26. The molecule has 0 aliphatic heterocycles. The van der Waals surface area contributed by atoms with Crippen molar-refractivity contribution in [2.75, 3.05) is 0 Å². The van der Waals surface area contributed by atoms with Crippen molar-refractivity contribution in [1.29, 1.82) is 0 Å². The topological polar surface area (TPSA) is 12.0 Å². The van der Waals surface area contributed by atoms with Crippen molar-refractivity contribution in [3.63, 3.8) is 0 Å². The minimum Gasteiger partial charge on any atom is -0.299 e. The second-order valence-corrected chi connectivity index (χ2v) is 6.46. The molecular weight excluding hydrogens is 227 g/mol. The molecule has 0 aromatic carbocycles. The molecule has 4 heteroatoms. The van der Waals surface area contributed by atoms with E-state index in [1.807, 2.05) is 27.7 Å². The summed E-state index contributed by atoms with van der Waals surface area (Å²) in [6.07, 6.45) is -3.53. The highest BCUT2D eigenvalue weighted by Crippen LogP contribution is 2.38. The summed E-state index contributed by atoms with van der Waals surface area (Å²) in [5.74, 6) is -0.143. The SMILES string of the molecule is CC(C)CC(C)(C)N[C@@](C)(C(C)C)C(F)(F)F. The van der Waals surface area contributed by atoms with Crippen molar-refractivity contribution in [1.82, 2.24) is 5.32 Å². The second-order valence-electron chi connectivity index (χ2n) is 6.46. The van der Waals surface area contributed by atoms with Gasteiger partial charge in [0.1, 0.15) is 5.54 Å². The van der Waals surface area contributed by atoms with Gasteiger partial charge in [-0.2, -0.15) is 13.2 Å². The molecule has 0 aromatic heterocycles. The van der Waals surface area contributed by atoms with E-state index in [-0.39, 0.29) is 0 Å². The van der Waals surface area contributed by atoms with Crippen LogP contribution in [-0.4, -0.2) is 17.3 Å². The number of halogens is 3. The summed E-state index contributed by atoms with van der Waals surface area (Å²) in [5, 5.41) is 2.82. The van der Waals surface area contributed by atoms with Gasteiger partial charge in [-0.15, -0.1) is 0 Å². The number of hydrogen-bond donors (Lipinski definition) is 1. The van der Waals surface area contributed by atoms with Gasteiger partial charge >= 0.3 is 6.18 Å². The van der Waals surface area contributed by atoms with E-state index < -0.39 is 23.2 Å². The zero-order valence-electron chi connectivity index (χ0n) is 12.0. The molecular formula is C13H26F3N. The monoisotopic (exact) mass is 253 g/mol. The Kier molecular flexibility index (Phi) is 5.09. The average molecular weight is 253 g/mol. The zero-order valence-corrected chi connectivity index (χ0v) is 12.0. The quantitative estimate of drug-likeness (QED) is 0.766. The third kappa shape index (κ3) is 4.49. The molecule has 0 unspecified atom stereocenters. The summed E-state index contributed by atoms with van der Waals surface area (Å²) in [4.78, 5) is 0. The van der Waals surface area contributed by atoms with Gasteiger partial charge in [-0.05, 0) is 39.0 Å². The van der Waals surface area contributed by atoms with Crippen LogP contribution in [0, 0.1) is 11.8 Å². The minimum absolute atomic E-state index is 0.363. The number of alkyl halides is 3. The molecule has 104 valence electrons. The first kappa shape index (κ1) is 16.8. The normalized spacial score (nSPS) is 17.6. The van der Waals surface area contributed by atoms with Gasteiger partial charge in [-0.1, -0.05) is 27.7 Å². The average Bonchev–Trinajstić information content (AvgIpc) is 1.96. The van der Waals surface area contributed by atoms with Gasteiger partial charge in [0.15, 0.2) is 0 Å². The van der Waals surface area contributed by atoms with E-state index in [1.165, 1.54) is 6.92 Å². The Morgan fingerprint density at radius 1 is 0.941 bits per heavy atom. The van der Waals surface area contributed by atoms with Gasteiger partial charge in [0.05, 0.1) is 0 Å². The summed E-state index contributed by atoms with van der Waals surface area (Å²) >= 11 is 0. The number of hydrogen-bond acceptors (Lipinski definition) is 1. The minimum atomic E-state index is -4.24. The maximum Gasteiger partial charge on any atom is 0.406 e. The molecule has 0 aromatic rings. The number of rotatable bonds is 5. The van der Waals surface area contributed by atoms with Gasteiger partial charge < -0.3 is 0 Å². The molecule has 0 saturated heterocycles. The predicted octanol–water partition coefficient (Wildman–Crippen LogP) is 4.38. The van der Waals surface area contributed by atoms with Crippen LogP contribution in [-0.2, 0) is 0 Å². The van der Waals surface area contributed by atoms with E-state index >= 15 is 0 Å². The van der Waals surface area contributed by atoms with E-state index in [4.69, 9.17) is 0 Å². The summed E-state index contributed by atoms with van der Waals surface area (Å²) in [6, 6.07) is 0. The number of nitrogens with one attached hydrogen (secondary N) is 1. The van der Waals surface area contributed by atoms with Crippen LogP contribution in [0.5, 0.6) is 0 Å². The van der Waals surface area contributed by atoms with Crippen LogP contribution < -0.4 is 5.32 Å². The van der Waals surface area contributed by atoms with Gasteiger partial charge in [-0.3, -0.25) is 5.32 Å². The van der Waals surface area contributed by atoms with Crippen LogP contribution in [0.1, 0.15) is 54.9 Å². The van der Waals surface area contributed by atoms with Crippen molar-refractivity contribution in [2.24, 2.45) is 11.8 Å². The standard InChI is InChI=1S/C13H26F3N/c1-9(2)8-11(5,6)17-12(7,10(3)4)13(14,15)16/h9-10,17H,8H2,1-7H3/t12-/m0/s1. The lowest BCUT2D eigenvalue weighted by atomic mass is 9.82. The molecule has 0 aliphatic rings. The third-order valence-corrected chi connectivity index (χ3v) is 3.26. The Hall–Kier alpha value is -0.250. The molecule has 0 aliphatic carbocycles. The highest BCUT2D eigenvalue weighted by molar-refractivity contribution is 4.99. The van der Waals surface area contributed by atoms with Crippen LogP contribution in [0.25, 0.3) is 0 Å². The Labute approximate surface area is 103 Å². The lowest BCUT2D eigenvalue weighted by Gasteiger charge is -2.44. The molecule has 0 radical (unpaired) electrons. The summed E-state index contributed by atoms with van der Waals surface area (Å²) in [6.45, 7) is 12.2. The second kappa shape index (κ2) is 5.17. The van der Waals surface area contributed by atoms with E-state index in [0.717, 1.165) is 0 Å². The van der Waals surface area contributed by atoms with Crippen LogP contribution in [0.3, 0.4) is 0 Å². The molecule has 0 spiro atoms. The first-order valence-electron chi connectivity index (χ1n) is 6.18. The lowest BCUT2D eigenvalue weighted by Crippen LogP contribution is -2.64. The fraction of sp³-hybridized carbons (Fsp3) is 1.00. The molecule has 1 N–H and O–H groups in total. The highest BCUT2D eigenvalue weighted by atomic mass is 19.4. The molecule has 17 heavy (non-hydrogen) atoms. The van der Waals surface area contributed by atoms with Crippen molar-refractivity contribution < 1.29 is 13.2 Å². The van der Waals surface area contributed by atoms with Crippen LogP contribution in [0.15, 0.2) is 0 Å². The Morgan fingerprint density at radius 2 is 1.35 bits per heavy atom. The van der Waals surface area contributed by atoms with Crippen molar-refractivity contribution >= 4 is 0 Å². The van der Waals surface area contributed by atoms with Gasteiger partial charge in [0, 0.05) is 5.54 Å². The Bertz CT molecular complexity index is 244. The first-order chi connectivity index (χ1) is 7.32. The van der Waals surface area contributed by atoms with E-state index in [1.54, 1.807) is 13.8 Å². The maximum atomic E-state index is 13.2. The maximum absolute atomic E-state index is 13.2. The lowest BCUT2D eigenvalue weighted by molar-refractivity contribution is -0.210. The fourth-order valence-electron chi connectivity index (χ4n) is 2.32. The molecule has 0 fully saturated rings. The van der Waals surface area contributed by atoms with Crippen molar-refractivity contribution in [3.05, 3.63) is 0 Å². The molecule has 1 nitrogen and oxygen atoms in total. The van der Waals surface area contributed by atoms with Crippen molar-refractivity contribution in [3.8, 4) is 0 Å². The molecule has 0 heterocycles. The Morgan fingerprint density at radius 3 is 1.59 bits per heavy atom.